The maximum Gasteiger partial charge on any atom is 0.231 e. The molecule has 134 valence electrons. The number of nitrogens with one attached hydrogen (secondary N) is 1. The molecule has 8 heteroatoms. The van der Waals surface area contributed by atoms with Gasteiger partial charge in [-0.25, -0.2) is 4.98 Å². The molecule has 0 saturated carbocycles. The minimum Gasteiger partial charge on any atom is -0.361 e. The monoisotopic (exact) mass is 362 g/mol. The first-order valence-corrected chi connectivity index (χ1v) is 9.32. The van der Waals surface area contributed by atoms with E-state index in [1.807, 2.05) is 19.2 Å². The quantitative estimate of drug-likeness (QED) is 0.883. The van der Waals surface area contributed by atoms with Crippen molar-refractivity contribution in [1.82, 2.24) is 15.0 Å². The number of hydrogen-bond acceptors (Lipinski definition) is 6. The minimum atomic E-state index is -0.180. The Labute approximate surface area is 150 Å². The molecule has 2 aromatic heterocycles. The summed E-state index contributed by atoms with van der Waals surface area (Å²) in [5.41, 5.74) is 1.84. The van der Waals surface area contributed by atoms with Gasteiger partial charge in [-0.3, -0.25) is 9.59 Å². The number of amides is 2. The number of piperidine rings is 1. The summed E-state index contributed by atoms with van der Waals surface area (Å²) in [5.74, 6) is 0.607. The van der Waals surface area contributed by atoms with Gasteiger partial charge in [-0.2, -0.15) is 0 Å². The molecular weight excluding hydrogens is 340 g/mol. The molecular formula is C17H22N4O3S. The van der Waals surface area contributed by atoms with E-state index in [2.05, 4.69) is 15.5 Å². The molecule has 1 aliphatic heterocycles. The predicted molar refractivity (Wildman–Crippen MR) is 94.3 cm³/mol. The van der Waals surface area contributed by atoms with Crippen LogP contribution in [0.15, 0.2) is 16.1 Å². The van der Waals surface area contributed by atoms with Crippen molar-refractivity contribution in [3.63, 3.8) is 0 Å². The molecule has 0 bridgehead atoms. The van der Waals surface area contributed by atoms with Crippen molar-refractivity contribution in [1.29, 1.82) is 0 Å². The Bertz CT molecular complexity index is 722. The highest BCUT2D eigenvalue weighted by atomic mass is 32.1. The van der Waals surface area contributed by atoms with Crippen LogP contribution in [0.5, 0.6) is 0 Å². The first-order chi connectivity index (χ1) is 12.0. The van der Waals surface area contributed by atoms with Crippen LogP contribution in [-0.4, -0.2) is 39.9 Å². The fourth-order valence-electron chi connectivity index (χ4n) is 3.16. The van der Waals surface area contributed by atoms with Crippen LogP contribution in [0, 0.1) is 19.8 Å². The van der Waals surface area contributed by atoms with E-state index < -0.39 is 0 Å². The Balaban J connectivity index is 1.53. The molecule has 3 heterocycles. The van der Waals surface area contributed by atoms with Crippen molar-refractivity contribution in [2.75, 3.05) is 18.4 Å². The zero-order valence-corrected chi connectivity index (χ0v) is 15.3. The number of aromatic nitrogens is 2. The maximum atomic E-state index is 12.5. The zero-order valence-electron chi connectivity index (χ0n) is 14.4. The standard InChI is InChI=1S/C17H22N4O3S/c1-11-14(12(2)24-20-11)5-6-15(22)21-8-3-4-13(10-21)16(23)19-17-18-7-9-25-17/h7,9,13H,3-6,8,10H2,1-2H3,(H,18,19,23). The molecule has 1 N–H and O–H groups in total. The third-order valence-corrected chi connectivity index (χ3v) is 5.27. The summed E-state index contributed by atoms with van der Waals surface area (Å²) in [5, 5.41) is 9.17. The van der Waals surface area contributed by atoms with E-state index in [4.69, 9.17) is 4.52 Å². The Kier molecular flexibility index (Phi) is 5.47. The predicted octanol–water partition coefficient (Wildman–Crippen LogP) is 2.56. The van der Waals surface area contributed by atoms with Crippen LogP contribution >= 0.6 is 11.3 Å². The number of rotatable bonds is 5. The number of aryl methyl sites for hydroxylation is 2. The SMILES string of the molecule is Cc1noc(C)c1CCC(=O)N1CCCC(C(=O)Nc2nccs2)C1. The highest BCUT2D eigenvalue weighted by molar-refractivity contribution is 7.13. The van der Waals surface area contributed by atoms with Gasteiger partial charge in [-0.1, -0.05) is 5.16 Å². The molecule has 1 fully saturated rings. The largest absolute Gasteiger partial charge is 0.361 e. The zero-order chi connectivity index (χ0) is 17.8. The van der Waals surface area contributed by atoms with Crippen molar-refractivity contribution in [3.8, 4) is 0 Å². The van der Waals surface area contributed by atoms with Crippen LogP contribution in [0.4, 0.5) is 5.13 Å². The van der Waals surface area contributed by atoms with Crippen LogP contribution in [0.3, 0.4) is 0 Å². The van der Waals surface area contributed by atoms with Crippen LogP contribution < -0.4 is 5.32 Å². The van der Waals surface area contributed by atoms with Gasteiger partial charge < -0.3 is 14.7 Å². The van der Waals surface area contributed by atoms with E-state index >= 15 is 0 Å². The van der Waals surface area contributed by atoms with E-state index in [1.54, 1.807) is 11.1 Å². The van der Waals surface area contributed by atoms with E-state index in [1.165, 1.54) is 11.3 Å². The second-order valence-electron chi connectivity index (χ2n) is 6.31. The van der Waals surface area contributed by atoms with Crippen LogP contribution in [0.25, 0.3) is 0 Å². The van der Waals surface area contributed by atoms with Crippen molar-refractivity contribution >= 4 is 28.3 Å². The third kappa shape index (κ3) is 4.25. The summed E-state index contributed by atoms with van der Waals surface area (Å²) >= 11 is 1.39. The number of anilines is 1. The number of nitrogens with zero attached hydrogens (tertiary/aromatic N) is 3. The molecule has 0 radical (unpaired) electrons. The lowest BCUT2D eigenvalue weighted by Gasteiger charge is -2.32. The summed E-state index contributed by atoms with van der Waals surface area (Å²) in [6.45, 7) is 4.93. The van der Waals surface area contributed by atoms with Gasteiger partial charge >= 0.3 is 0 Å². The Hall–Kier alpha value is -2.22. The number of hydrogen-bond donors (Lipinski definition) is 1. The molecule has 1 aliphatic rings. The number of thiazole rings is 1. The third-order valence-electron chi connectivity index (χ3n) is 4.58. The maximum absolute atomic E-state index is 12.5. The Morgan fingerprint density at radius 2 is 2.28 bits per heavy atom. The molecule has 0 aromatic carbocycles. The first kappa shape index (κ1) is 17.6. The molecule has 7 nitrogen and oxygen atoms in total. The second-order valence-corrected chi connectivity index (χ2v) is 7.20. The molecule has 3 rings (SSSR count). The van der Waals surface area contributed by atoms with Gasteiger partial charge in [0, 0.05) is 36.7 Å². The average Bonchev–Trinajstić information content (AvgIpc) is 3.23. The lowest BCUT2D eigenvalue weighted by atomic mass is 9.96. The van der Waals surface area contributed by atoms with E-state index in [9.17, 15) is 9.59 Å². The lowest BCUT2D eigenvalue weighted by molar-refractivity contribution is -0.134. The van der Waals surface area contributed by atoms with E-state index in [0.717, 1.165) is 29.9 Å². The Morgan fingerprint density at radius 1 is 1.44 bits per heavy atom. The topological polar surface area (TPSA) is 88.3 Å². The van der Waals surface area contributed by atoms with Gasteiger partial charge in [0.25, 0.3) is 0 Å². The van der Waals surface area contributed by atoms with E-state index in [-0.39, 0.29) is 17.7 Å². The summed E-state index contributed by atoms with van der Waals surface area (Å²) in [6, 6.07) is 0. The summed E-state index contributed by atoms with van der Waals surface area (Å²) in [4.78, 5) is 30.8. The number of carbonyl (C=O) groups is 2. The van der Waals surface area contributed by atoms with Crippen LogP contribution in [0.2, 0.25) is 0 Å². The molecule has 0 spiro atoms. The fourth-order valence-corrected chi connectivity index (χ4v) is 3.69. The highest BCUT2D eigenvalue weighted by Gasteiger charge is 2.28. The smallest absolute Gasteiger partial charge is 0.231 e. The van der Waals surface area contributed by atoms with Crippen molar-refractivity contribution < 1.29 is 14.1 Å². The highest BCUT2D eigenvalue weighted by Crippen LogP contribution is 2.21. The summed E-state index contributed by atoms with van der Waals surface area (Å²) in [7, 11) is 0. The van der Waals surface area contributed by atoms with Crippen molar-refractivity contribution in [2.45, 2.75) is 39.5 Å². The molecule has 25 heavy (non-hydrogen) atoms. The molecule has 2 aromatic rings. The second kappa shape index (κ2) is 7.77. The lowest BCUT2D eigenvalue weighted by Crippen LogP contribution is -2.43. The molecule has 1 saturated heterocycles. The average molecular weight is 362 g/mol. The molecule has 2 amide bonds. The van der Waals surface area contributed by atoms with Crippen LogP contribution in [0.1, 0.15) is 36.3 Å². The normalized spacial score (nSPS) is 17.5. The first-order valence-electron chi connectivity index (χ1n) is 8.44. The molecule has 0 aliphatic carbocycles. The van der Waals surface area contributed by atoms with Gasteiger partial charge in [-0.05, 0) is 33.1 Å². The fraction of sp³-hybridized carbons (Fsp3) is 0.529. The summed E-state index contributed by atoms with van der Waals surface area (Å²) in [6.07, 6.45) is 4.32. The van der Waals surface area contributed by atoms with Gasteiger partial charge in [0.15, 0.2) is 5.13 Å². The minimum absolute atomic E-state index is 0.0572. The van der Waals surface area contributed by atoms with Gasteiger partial charge in [0.05, 0.1) is 11.6 Å². The van der Waals surface area contributed by atoms with Crippen molar-refractivity contribution in [2.24, 2.45) is 5.92 Å². The van der Waals surface area contributed by atoms with Gasteiger partial charge in [0.2, 0.25) is 11.8 Å². The van der Waals surface area contributed by atoms with Crippen LogP contribution in [-0.2, 0) is 16.0 Å². The van der Waals surface area contributed by atoms with E-state index in [0.29, 0.717) is 31.1 Å². The van der Waals surface area contributed by atoms with Gasteiger partial charge in [0.1, 0.15) is 5.76 Å². The summed E-state index contributed by atoms with van der Waals surface area (Å²) < 4.78 is 5.14. The Morgan fingerprint density at radius 3 is 2.96 bits per heavy atom. The number of likely N-dealkylation sites (tertiary alicyclic amines) is 1. The molecule has 1 atom stereocenters. The van der Waals surface area contributed by atoms with Gasteiger partial charge in [-0.15, -0.1) is 11.3 Å². The molecule has 1 unspecified atom stereocenters. The number of carbonyl (C=O) groups excluding carboxylic acids is 2. The van der Waals surface area contributed by atoms with Crippen molar-refractivity contribution in [3.05, 3.63) is 28.6 Å².